The normalized spacial score (nSPS) is 13.8. The van der Waals surface area contributed by atoms with E-state index in [2.05, 4.69) is 0 Å². The van der Waals surface area contributed by atoms with Crippen molar-refractivity contribution in [3.8, 4) is 11.5 Å². The summed E-state index contributed by atoms with van der Waals surface area (Å²) in [7, 11) is 0. The van der Waals surface area contributed by atoms with Crippen LogP contribution in [0.1, 0.15) is 18.4 Å². The molecular weight excluding hydrogens is 208 g/mol. The molecule has 16 heavy (non-hydrogen) atoms. The van der Waals surface area contributed by atoms with Crippen molar-refractivity contribution < 1.29 is 19.4 Å². The summed E-state index contributed by atoms with van der Waals surface area (Å²) in [6.45, 7) is 0.930. The highest BCUT2D eigenvalue weighted by Gasteiger charge is 2.10. The smallest absolute Gasteiger partial charge is 0.306 e. The molecule has 1 heterocycles. The van der Waals surface area contributed by atoms with Crippen molar-refractivity contribution >= 4 is 5.97 Å². The number of ether oxygens (including phenoxy) is 2. The highest BCUT2D eigenvalue weighted by atomic mass is 16.5. The van der Waals surface area contributed by atoms with E-state index in [1.807, 2.05) is 18.2 Å². The van der Waals surface area contributed by atoms with Crippen LogP contribution in [0.3, 0.4) is 0 Å². The zero-order valence-corrected chi connectivity index (χ0v) is 8.94. The molecule has 0 bridgehead atoms. The highest BCUT2D eigenvalue weighted by molar-refractivity contribution is 5.66. The zero-order chi connectivity index (χ0) is 11.4. The fourth-order valence-electron chi connectivity index (χ4n) is 1.67. The van der Waals surface area contributed by atoms with Gasteiger partial charge in [-0.2, -0.15) is 0 Å². The van der Waals surface area contributed by atoms with Crippen molar-refractivity contribution in [2.24, 2.45) is 0 Å². The number of rotatable bonds is 4. The van der Waals surface area contributed by atoms with Gasteiger partial charge < -0.3 is 14.6 Å². The molecule has 0 radical (unpaired) electrons. The van der Waals surface area contributed by atoms with Gasteiger partial charge >= 0.3 is 5.97 Å². The van der Waals surface area contributed by atoms with Crippen LogP contribution < -0.4 is 9.47 Å². The summed E-state index contributed by atoms with van der Waals surface area (Å²) >= 11 is 0. The Labute approximate surface area is 93.8 Å². The van der Waals surface area contributed by atoms with E-state index in [-0.39, 0.29) is 13.0 Å². The molecule has 0 amide bonds. The van der Waals surface area contributed by atoms with E-state index in [9.17, 15) is 4.79 Å². The van der Waals surface area contributed by atoms with Crippen molar-refractivity contribution in [3.63, 3.8) is 0 Å². The Bertz CT molecular complexity index is 387. The van der Waals surface area contributed by atoms with E-state index in [1.54, 1.807) is 0 Å². The van der Waals surface area contributed by atoms with Crippen molar-refractivity contribution in [2.75, 3.05) is 13.2 Å². The van der Waals surface area contributed by atoms with Crippen LogP contribution in [0.15, 0.2) is 18.2 Å². The minimum Gasteiger partial charge on any atom is -0.493 e. The van der Waals surface area contributed by atoms with Crippen molar-refractivity contribution in [1.82, 2.24) is 0 Å². The van der Waals surface area contributed by atoms with Crippen molar-refractivity contribution in [1.29, 1.82) is 0 Å². The van der Waals surface area contributed by atoms with Gasteiger partial charge in [0.1, 0.15) is 11.5 Å². The Morgan fingerprint density at radius 2 is 2.38 bits per heavy atom. The molecule has 1 aliphatic rings. The Balaban J connectivity index is 1.97. The van der Waals surface area contributed by atoms with E-state index in [1.165, 1.54) is 5.56 Å². The fraction of sp³-hybridized carbons (Fsp3) is 0.417. The van der Waals surface area contributed by atoms with Gasteiger partial charge in [-0.05, 0) is 24.5 Å². The van der Waals surface area contributed by atoms with E-state index >= 15 is 0 Å². The number of carboxylic acid groups (broad SMARTS) is 1. The second kappa shape index (κ2) is 4.88. The zero-order valence-electron chi connectivity index (χ0n) is 8.94. The first kappa shape index (κ1) is 10.8. The van der Waals surface area contributed by atoms with Crippen LogP contribution in [-0.4, -0.2) is 24.3 Å². The second-order valence-corrected chi connectivity index (χ2v) is 3.71. The lowest BCUT2D eigenvalue weighted by molar-refractivity contribution is -0.137. The van der Waals surface area contributed by atoms with E-state index in [0.29, 0.717) is 5.75 Å². The van der Waals surface area contributed by atoms with Crippen LogP contribution >= 0.6 is 0 Å². The van der Waals surface area contributed by atoms with Crippen LogP contribution in [-0.2, 0) is 11.2 Å². The lowest BCUT2D eigenvalue weighted by Gasteiger charge is -2.17. The maximum atomic E-state index is 10.3. The molecule has 0 unspecified atom stereocenters. The van der Waals surface area contributed by atoms with Gasteiger partial charge in [0.25, 0.3) is 0 Å². The molecule has 4 heteroatoms. The van der Waals surface area contributed by atoms with Crippen LogP contribution in [0.4, 0.5) is 0 Å². The first-order valence-electron chi connectivity index (χ1n) is 5.36. The van der Waals surface area contributed by atoms with Gasteiger partial charge in [0.15, 0.2) is 0 Å². The maximum Gasteiger partial charge on any atom is 0.306 e. The summed E-state index contributed by atoms with van der Waals surface area (Å²) in [4.78, 5) is 10.3. The SMILES string of the molecule is O=C(O)CCOc1ccc2c(c1)OCCC2. The average molecular weight is 222 g/mol. The maximum absolute atomic E-state index is 10.3. The lowest BCUT2D eigenvalue weighted by Crippen LogP contribution is -2.09. The second-order valence-electron chi connectivity index (χ2n) is 3.71. The topological polar surface area (TPSA) is 55.8 Å². The number of carbonyl (C=O) groups is 1. The number of carboxylic acids is 1. The predicted molar refractivity (Wildman–Crippen MR) is 58.0 cm³/mol. The van der Waals surface area contributed by atoms with Crippen molar-refractivity contribution in [3.05, 3.63) is 23.8 Å². The summed E-state index contributed by atoms with van der Waals surface area (Å²) in [5.74, 6) is 0.676. The van der Waals surface area contributed by atoms with E-state index in [0.717, 1.165) is 25.2 Å². The predicted octanol–water partition coefficient (Wildman–Crippen LogP) is 1.87. The molecule has 2 rings (SSSR count). The summed E-state index contributed by atoms with van der Waals surface area (Å²) < 4.78 is 10.8. The van der Waals surface area contributed by atoms with Crippen LogP contribution in [0, 0.1) is 0 Å². The van der Waals surface area contributed by atoms with Gasteiger partial charge in [0.05, 0.1) is 19.6 Å². The number of benzene rings is 1. The first-order valence-corrected chi connectivity index (χ1v) is 5.36. The monoisotopic (exact) mass is 222 g/mol. The molecule has 1 N–H and O–H groups in total. The molecule has 86 valence electrons. The molecule has 0 spiro atoms. The molecular formula is C12H14O4. The van der Waals surface area contributed by atoms with Crippen LogP contribution in [0.5, 0.6) is 11.5 Å². The molecule has 0 saturated heterocycles. The third-order valence-corrected chi connectivity index (χ3v) is 2.47. The van der Waals surface area contributed by atoms with Gasteiger partial charge in [0, 0.05) is 6.07 Å². The Morgan fingerprint density at radius 3 is 3.19 bits per heavy atom. The van der Waals surface area contributed by atoms with Crippen LogP contribution in [0.25, 0.3) is 0 Å². The van der Waals surface area contributed by atoms with Crippen LogP contribution in [0.2, 0.25) is 0 Å². The number of aryl methyl sites for hydroxylation is 1. The molecule has 1 aliphatic heterocycles. The van der Waals surface area contributed by atoms with E-state index < -0.39 is 5.97 Å². The third kappa shape index (κ3) is 2.66. The van der Waals surface area contributed by atoms with Gasteiger partial charge in [-0.15, -0.1) is 0 Å². The quantitative estimate of drug-likeness (QED) is 0.844. The summed E-state index contributed by atoms with van der Waals surface area (Å²) in [5.41, 5.74) is 1.19. The van der Waals surface area contributed by atoms with Gasteiger partial charge in [0.2, 0.25) is 0 Å². The van der Waals surface area contributed by atoms with Gasteiger partial charge in [-0.1, -0.05) is 6.07 Å². The molecule has 0 aromatic heterocycles. The van der Waals surface area contributed by atoms with Crippen molar-refractivity contribution in [2.45, 2.75) is 19.3 Å². The summed E-state index contributed by atoms with van der Waals surface area (Å²) in [5, 5.41) is 8.48. The lowest BCUT2D eigenvalue weighted by atomic mass is 10.1. The Hall–Kier alpha value is -1.71. The van der Waals surface area contributed by atoms with E-state index in [4.69, 9.17) is 14.6 Å². The first-order chi connectivity index (χ1) is 7.75. The molecule has 1 aromatic carbocycles. The number of hydrogen-bond acceptors (Lipinski definition) is 3. The van der Waals surface area contributed by atoms with Gasteiger partial charge in [-0.3, -0.25) is 4.79 Å². The molecule has 0 fully saturated rings. The third-order valence-electron chi connectivity index (χ3n) is 2.47. The fourth-order valence-corrected chi connectivity index (χ4v) is 1.67. The number of hydrogen-bond donors (Lipinski definition) is 1. The number of fused-ring (bicyclic) bond motifs is 1. The molecule has 0 atom stereocenters. The minimum atomic E-state index is -0.853. The molecule has 0 saturated carbocycles. The highest BCUT2D eigenvalue weighted by Crippen LogP contribution is 2.28. The number of aliphatic carboxylic acids is 1. The Morgan fingerprint density at radius 1 is 1.50 bits per heavy atom. The Kier molecular flexibility index (Phi) is 3.29. The molecule has 4 nitrogen and oxygen atoms in total. The largest absolute Gasteiger partial charge is 0.493 e. The average Bonchev–Trinajstić information content (AvgIpc) is 2.28. The minimum absolute atomic E-state index is 0.0118. The molecule has 1 aromatic rings. The molecule has 0 aliphatic carbocycles. The van der Waals surface area contributed by atoms with Gasteiger partial charge in [-0.25, -0.2) is 0 Å². The summed E-state index contributed by atoms with van der Waals surface area (Å²) in [6, 6.07) is 5.66. The standard InChI is InChI=1S/C12H14O4/c13-12(14)5-7-15-10-4-3-9-2-1-6-16-11(9)8-10/h3-4,8H,1-2,5-7H2,(H,13,14). The summed E-state index contributed by atoms with van der Waals surface area (Å²) in [6.07, 6.45) is 2.09.